The Balaban J connectivity index is 2.60. The summed E-state index contributed by atoms with van der Waals surface area (Å²) in [6.45, 7) is 5.59. The number of nitrogens with zero attached hydrogens (tertiary/aromatic N) is 3. The van der Waals surface area contributed by atoms with E-state index in [1.807, 2.05) is 18.4 Å². The Morgan fingerprint density at radius 2 is 2.05 bits per heavy atom. The zero-order valence-electron chi connectivity index (χ0n) is 11.1. The van der Waals surface area contributed by atoms with E-state index in [-0.39, 0.29) is 23.6 Å². The summed E-state index contributed by atoms with van der Waals surface area (Å²) < 4.78 is 1.89. The molecule has 0 atom stereocenters. The van der Waals surface area contributed by atoms with E-state index in [9.17, 15) is 9.59 Å². The Bertz CT molecular complexity index is 459. The van der Waals surface area contributed by atoms with Crippen LogP contribution in [0.15, 0.2) is 5.16 Å². The third kappa shape index (κ3) is 4.52. The molecule has 0 bridgehead atoms. The van der Waals surface area contributed by atoms with Crippen LogP contribution in [0.2, 0.25) is 0 Å². The number of hydrogen-bond donors (Lipinski definition) is 3. The minimum absolute atomic E-state index is 0.135. The second kappa shape index (κ2) is 7.10. The van der Waals surface area contributed by atoms with Gasteiger partial charge >= 0.3 is 0 Å². The van der Waals surface area contributed by atoms with Crippen LogP contribution in [0, 0.1) is 0 Å². The van der Waals surface area contributed by atoms with Gasteiger partial charge < -0.3 is 10.3 Å². The second-order valence-electron chi connectivity index (χ2n) is 4.08. The lowest BCUT2D eigenvalue weighted by atomic mass is 10.4. The molecule has 0 saturated carbocycles. The van der Waals surface area contributed by atoms with Gasteiger partial charge in [0.1, 0.15) is 5.82 Å². The minimum Gasteiger partial charge on any atom is -0.324 e. The molecule has 1 heterocycles. The second-order valence-corrected chi connectivity index (χ2v) is 5.03. The van der Waals surface area contributed by atoms with Crippen LogP contribution >= 0.6 is 11.8 Å². The van der Waals surface area contributed by atoms with Gasteiger partial charge in [-0.1, -0.05) is 11.8 Å². The maximum atomic E-state index is 11.4. The normalized spacial score (nSPS) is 10.6. The lowest BCUT2D eigenvalue weighted by Gasteiger charge is -2.12. The smallest absolute Gasteiger partial charge is 0.248 e. The van der Waals surface area contributed by atoms with Gasteiger partial charge in [-0.2, -0.15) is 0 Å². The number of carbonyl (C=O) groups excluding carboxylic acids is 2. The maximum Gasteiger partial charge on any atom is 0.248 e. The van der Waals surface area contributed by atoms with Crippen molar-refractivity contribution < 1.29 is 9.59 Å². The van der Waals surface area contributed by atoms with E-state index in [1.165, 1.54) is 18.7 Å². The minimum atomic E-state index is -0.325. The van der Waals surface area contributed by atoms with E-state index < -0.39 is 0 Å². The van der Waals surface area contributed by atoms with Crippen molar-refractivity contribution in [1.29, 1.82) is 0 Å². The molecule has 9 heteroatoms. The molecule has 0 aliphatic heterocycles. The van der Waals surface area contributed by atoms with Crippen molar-refractivity contribution in [2.45, 2.75) is 38.5 Å². The third-order valence-corrected chi connectivity index (χ3v) is 3.09. The van der Waals surface area contributed by atoms with E-state index in [4.69, 9.17) is 5.73 Å². The van der Waals surface area contributed by atoms with Crippen molar-refractivity contribution in [2.24, 2.45) is 5.73 Å². The number of rotatable bonds is 5. The molecule has 1 aromatic rings. The maximum absolute atomic E-state index is 11.4. The van der Waals surface area contributed by atoms with Crippen LogP contribution in [0.4, 0.5) is 0 Å². The lowest BCUT2D eigenvalue weighted by molar-refractivity contribution is -0.126. The Labute approximate surface area is 115 Å². The topological polar surface area (TPSA) is 115 Å². The average molecular weight is 286 g/mol. The third-order valence-electron chi connectivity index (χ3n) is 2.14. The predicted molar refractivity (Wildman–Crippen MR) is 71.0 cm³/mol. The molecule has 0 saturated heterocycles. The van der Waals surface area contributed by atoms with Crippen molar-refractivity contribution in [3.05, 3.63) is 5.82 Å². The molecule has 0 radical (unpaired) electrons. The highest BCUT2D eigenvalue weighted by atomic mass is 32.2. The molecule has 0 spiro atoms. The highest BCUT2D eigenvalue weighted by Gasteiger charge is 2.15. The van der Waals surface area contributed by atoms with Gasteiger partial charge in [0, 0.05) is 13.0 Å². The van der Waals surface area contributed by atoms with Crippen molar-refractivity contribution in [3.8, 4) is 0 Å². The largest absolute Gasteiger partial charge is 0.324 e. The number of thioether (sulfide) groups is 1. The molecule has 4 N–H and O–H groups in total. The van der Waals surface area contributed by atoms with Crippen molar-refractivity contribution in [3.63, 3.8) is 0 Å². The average Bonchev–Trinajstić information content (AvgIpc) is 2.76. The van der Waals surface area contributed by atoms with Gasteiger partial charge in [-0.05, 0) is 13.8 Å². The molecule has 8 nitrogen and oxygen atoms in total. The molecule has 19 heavy (non-hydrogen) atoms. The van der Waals surface area contributed by atoms with Crippen LogP contribution in [-0.4, -0.2) is 32.3 Å². The van der Waals surface area contributed by atoms with Gasteiger partial charge in [0.05, 0.1) is 12.3 Å². The van der Waals surface area contributed by atoms with E-state index in [2.05, 4.69) is 21.0 Å². The molecule has 0 fully saturated rings. The fraction of sp³-hybridized carbons (Fsp3) is 0.600. The van der Waals surface area contributed by atoms with E-state index >= 15 is 0 Å². The molecule has 0 unspecified atom stereocenters. The van der Waals surface area contributed by atoms with E-state index in [0.717, 1.165) is 0 Å². The first kappa shape index (κ1) is 15.4. The first-order chi connectivity index (χ1) is 8.95. The Kier molecular flexibility index (Phi) is 5.77. The van der Waals surface area contributed by atoms with Crippen LogP contribution < -0.4 is 16.6 Å². The Hall–Kier alpha value is -1.61. The molecule has 2 amide bonds. The molecule has 0 aliphatic carbocycles. The van der Waals surface area contributed by atoms with Gasteiger partial charge in [0.2, 0.25) is 11.8 Å². The van der Waals surface area contributed by atoms with Crippen molar-refractivity contribution in [1.82, 2.24) is 25.6 Å². The number of aromatic nitrogens is 3. The Morgan fingerprint density at radius 1 is 1.37 bits per heavy atom. The zero-order valence-corrected chi connectivity index (χ0v) is 12.0. The number of nitrogens with one attached hydrogen (secondary N) is 2. The first-order valence-electron chi connectivity index (χ1n) is 5.77. The molecule has 1 aromatic heterocycles. The standard InChI is InChI=1S/C10H18N6O2S/c1-6(2)16-8(4-11)13-15-10(16)19-5-9(18)14-12-7(3)17/h6H,4-5,11H2,1-3H3,(H,12,17)(H,14,18). The zero-order chi connectivity index (χ0) is 14.4. The number of hydrazine groups is 1. The van der Waals surface area contributed by atoms with Gasteiger partial charge in [-0.15, -0.1) is 10.2 Å². The summed E-state index contributed by atoms with van der Waals surface area (Å²) in [5.41, 5.74) is 10.1. The molecule has 106 valence electrons. The SMILES string of the molecule is CC(=O)NNC(=O)CSc1nnc(CN)n1C(C)C. The summed E-state index contributed by atoms with van der Waals surface area (Å²) >= 11 is 1.24. The fourth-order valence-corrected chi connectivity index (χ4v) is 2.27. The number of hydrogen-bond acceptors (Lipinski definition) is 6. The Morgan fingerprint density at radius 3 is 2.58 bits per heavy atom. The highest BCUT2D eigenvalue weighted by molar-refractivity contribution is 7.99. The molecular formula is C10H18N6O2S. The highest BCUT2D eigenvalue weighted by Crippen LogP contribution is 2.20. The number of amides is 2. The van der Waals surface area contributed by atoms with E-state index in [0.29, 0.717) is 17.5 Å². The predicted octanol–water partition coefficient (Wildman–Crippen LogP) is -0.423. The van der Waals surface area contributed by atoms with Gasteiger partial charge in [-0.3, -0.25) is 20.4 Å². The van der Waals surface area contributed by atoms with Crippen LogP contribution in [0.3, 0.4) is 0 Å². The quantitative estimate of drug-likeness (QED) is 0.500. The first-order valence-corrected chi connectivity index (χ1v) is 6.76. The van der Waals surface area contributed by atoms with Gasteiger partial charge in [0.15, 0.2) is 5.16 Å². The summed E-state index contributed by atoms with van der Waals surface area (Å²) in [6.07, 6.45) is 0. The van der Waals surface area contributed by atoms with E-state index in [1.54, 1.807) is 0 Å². The number of nitrogens with two attached hydrogens (primary N) is 1. The fourth-order valence-electron chi connectivity index (χ4n) is 1.39. The summed E-state index contributed by atoms with van der Waals surface area (Å²) in [7, 11) is 0. The summed E-state index contributed by atoms with van der Waals surface area (Å²) in [5.74, 6) is 0.178. The summed E-state index contributed by atoms with van der Waals surface area (Å²) in [5, 5.41) is 8.61. The molecule has 1 rings (SSSR count). The van der Waals surface area contributed by atoms with Crippen LogP contribution in [-0.2, 0) is 16.1 Å². The summed E-state index contributed by atoms with van der Waals surface area (Å²) in [4.78, 5) is 22.1. The molecule has 0 aliphatic rings. The summed E-state index contributed by atoms with van der Waals surface area (Å²) in [6, 6.07) is 0.162. The van der Waals surface area contributed by atoms with Crippen LogP contribution in [0.1, 0.15) is 32.6 Å². The van der Waals surface area contributed by atoms with Crippen LogP contribution in [0.5, 0.6) is 0 Å². The molecule has 0 aromatic carbocycles. The number of carbonyl (C=O) groups is 2. The van der Waals surface area contributed by atoms with Crippen LogP contribution in [0.25, 0.3) is 0 Å². The molecular weight excluding hydrogens is 268 g/mol. The van der Waals surface area contributed by atoms with Gasteiger partial charge in [0.25, 0.3) is 0 Å². The van der Waals surface area contributed by atoms with Gasteiger partial charge in [-0.25, -0.2) is 0 Å². The monoisotopic (exact) mass is 286 g/mol. The van der Waals surface area contributed by atoms with Crippen molar-refractivity contribution in [2.75, 3.05) is 5.75 Å². The lowest BCUT2D eigenvalue weighted by Crippen LogP contribution is -2.41. The van der Waals surface area contributed by atoms with Crippen molar-refractivity contribution >= 4 is 23.6 Å².